The fourth-order valence-corrected chi connectivity index (χ4v) is 0.614. The molecule has 0 atom stereocenters. The molecule has 0 saturated heterocycles. The molecule has 1 rings (SSSR count). The number of halogens is 1. The van der Waals surface area contributed by atoms with E-state index in [4.69, 9.17) is 11.6 Å². The monoisotopic (exact) mass is 140 g/mol. The lowest BCUT2D eigenvalue weighted by atomic mass is 10.4. The van der Waals surface area contributed by atoms with Gasteiger partial charge in [0.2, 0.25) is 0 Å². The molecule has 46 valence electrons. The van der Waals surface area contributed by atoms with Crippen LogP contribution in [0, 0.1) is 0 Å². The molecule has 0 bridgehead atoms. The van der Waals surface area contributed by atoms with Crippen LogP contribution in [0.5, 0.6) is 0 Å². The molecule has 1 aromatic rings. The van der Waals surface area contributed by atoms with Crippen molar-refractivity contribution in [3.63, 3.8) is 0 Å². The second-order valence-corrected chi connectivity index (χ2v) is 1.86. The Balaban J connectivity index is 3.07. The highest BCUT2D eigenvalue weighted by Crippen LogP contribution is 2.03. The molecule has 0 aliphatic heterocycles. The van der Waals surface area contributed by atoms with Gasteiger partial charge in [-0.1, -0.05) is 18.2 Å². The quantitative estimate of drug-likeness (QED) is 0.556. The van der Waals surface area contributed by atoms with Crippen LogP contribution in [-0.4, -0.2) is 9.97 Å². The second-order valence-electron chi connectivity index (χ2n) is 1.47. The minimum atomic E-state index is 0.444. The minimum Gasteiger partial charge on any atom is -0.237 e. The molecule has 0 aromatic carbocycles. The Morgan fingerprint density at radius 1 is 1.56 bits per heavy atom. The first-order valence-electron chi connectivity index (χ1n) is 2.43. The van der Waals surface area contributed by atoms with E-state index in [1.165, 1.54) is 6.33 Å². The lowest BCUT2D eigenvalue weighted by Gasteiger charge is -1.88. The van der Waals surface area contributed by atoms with Gasteiger partial charge in [-0.05, 0) is 6.08 Å². The lowest BCUT2D eigenvalue weighted by Crippen LogP contribution is -1.81. The Morgan fingerprint density at radius 3 is 2.78 bits per heavy atom. The molecule has 0 unspecified atom stereocenters. The van der Waals surface area contributed by atoms with Crippen LogP contribution in [0.15, 0.2) is 19.0 Å². The Morgan fingerprint density at radius 2 is 2.33 bits per heavy atom. The van der Waals surface area contributed by atoms with Gasteiger partial charge in [-0.3, -0.25) is 0 Å². The molecule has 0 aliphatic rings. The summed E-state index contributed by atoms with van der Waals surface area (Å²) in [6, 6.07) is 1.65. The third-order valence-electron chi connectivity index (χ3n) is 0.864. The van der Waals surface area contributed by atoms with Crippen LogP contribution < -0.4 is 0 Å². The second kappa shape index (κ2) is 2.60. The van der Waals surface area contributed by atoms with Crippen molar-refractivity contribution in [1.82, 2.24) is 9.97 Å². The Bertz CT molecular complexity index is 222. The summed E-state index contributed by atoms with van der Waals surface area (Å²) in [4.78, 5) is 7.54. The lowest BCUT2D eigenvalue weighted by molar-refractivity contribution is 1.15. The maximum absolute atomic E-state index is 5.52. The van der Waals surface area contributed by atoms with Gasteiger partial charge in [0.05, 0.1) is 5.69 Å². The zero-order chi connectivity index (χ0) is 6.69. The van der Waals surface area contributed by atoms with Crippen LogP contribution in [0.4, 0.5) is 0 Å². The van der Waals surface area contributed by atoms with E-state index in [0.717, 1.165) is 5.69 Å². The molecule has 0 saturated carbocycles. The van der Waals surface area contributed by atoms with Crippen molar-refractivity contribution in [1.29, 1.82) is 0 Å². The first-order chi connectivity index (χ1) is 4.33. The minimum absolute atomic E-state index is 0.444. The number of hydrogen-bond acceptors (Lipinski definition) is 2. The molecule has 0 fully saturated rings. The third-order valence-corrected chi connectivity index (χ3v) is 1.07. The predicted molar refractivity (Wildman–Crippen MR) is 37.1 cm³/mol. The predicted octanol–water partition coefficient (Wildman–Crippen LogP) is 1.77. The molecule has 0 amide bonds. The molecule has 2 nitrogen and oxygen atoms in total. The molecular formula is C6H5ClN2. The molecule has 1 aromatic heterocycles. The van der Waals surface area contributed by atoms with Crippen molar-refractivity contribution in [2.75, 3.05) is 0 Å². The van der Waals surface area contributed by atoms with E-state index < -0.39 is 0 Å². The average molecular weight is 141 g/mol. The molecule has 1 heterocycles. The van der Waals surface area contributed by atoms with Gasteiger partial charge in [0.25, 0.3) is 0 Å². The van der Waals surface area contributed by atoms with E-state index in [0.29, 0.717) is 5.15 Å². The van der Waals surface area contributed by atoms with Crippen molar-refractivity contribution in [3.8, 4) is 0 Å². The largest absolute Gasteiger partial charge is 0.237 e. The summed E-state index contributed by atoms with van der Waals surface area (Å²) in [6.45, 7) is 3.52. The van der Waals surface area contributed by atoms with Gasteiger partial charge in [0, 0.05) is 6.07 Å². The van der Waals surface area contributed by atoms with E-state index in [1.807, 2.05) is 0 Å². The SMILES string of the molecule is C=Cc1cc(Cl)ncn1. The van der Waals surface area contributed by atoms with Crippen molar-refractivity contribution in [2.45, 2.75) is 0 Å². The zero-order valence-electron chi connectivity index (χ0n) is 4.71. The molecule has 0 spiro atoms. The van der Waals surface area contributed by atoms with E-state index in [2.05, 4.69) is 16.5 Å². The highest BCUT2D eigenvalue weighted by atomic mass is 35.5. The normalized spacial score (nSPS) is 9.00. The van der Waals surface area contributed by atoms with Gasteiger partial charge in [-0.2, -0.15) is 0 Å². The van der Waals surface area contributed by atoms with Gasteiger partial charge in [0.15, 0.2) is 0 Å². The van der Waals surface area contributed by atoms with Crippen molar-refractivity contribution < 1.29 is 0 Å². The molecule has 0 aliphatic carbocycles. The number of rotatable bonds is 1. The highest BCUT2D eigenvalue weighted by molar-refractivity contribution is 6.29. The van der Waals surface area contributed by atoms with Crippen LogP contribution in [0.1, 0.15) is 5.69 Å². The van der Waals surface area contributed by atoms with E-state index >= 15 is 0 Å². The smallest absolute Gasteiger partial charge is 0.133 e. The number of hydrogen-bond donors (Lipinski definition) is 0. The maximum Gasteiger partial charge on any atom is 0.133 e. The number of nitrogens with zero attached hydrogens (tertiary/aromatic N) is 2. The topological polar surface area (TPSA) is 25.8 Å². The fraction of sp³-hybridized carbons (Fsp3) is 0. The van der Waals surface area contributed by atoms with Crippen LogP contribution in [-0.2, 0) is 0 Å². The van der Waals surface area contributed by atoms with Crippen molar-refractivity contribution >= 4 is 17.7 Å². The summed E-state index contributed by atoms with van der Waals surface area (Å²) >= 11 is 5.52. The first kappa shape index (κ1) is 6.23. The van der Waals surface area contributed by atoms with E-state index in [-0.39, 0.29) is 0 Å². The van der Waals surface area contributed by atoms with Crippen LogP contribution in [0.2, 0.25) is 5.15 Å². The van der Waals surface area contributed by atoms with E-state index in [1.54, 1.807) is 12.1 Å². The average Bonchev–Trinajstić information content (AvgIpc) is 1.88. The van der Waals surface area contributed by atoms with Crippen molar-refractivity contribution in [3.05, 3.63) is 29.8 Å². The van der Waals surface area contributed by atoms with Gasteiger partial charge >= 0.3 is 0 Å². The van der Waals surface area contributed by atoms with Crippen molar-refractivity contribution in [2.24, 2.45) is 0 Å². The zero-order valence-corrected chi connectivity index (χ0v) is 5.47. The summed E-state index contributed by atoms with van der Waals surface area (Å²) in [7, 11) is 0. The van der Waals surface area contributed by atoms with Gasteiger partial charge in [-0.15, -0.1) is 0 Å². The summed E-state index contributed by atoms with van der Waals surface area (Å²) < 4.78 is 0. The molecule has 0 N–H and O–H groups in total. The maximum atomic E-state index is 5.52. The van der Waals surface area contributed by atoms with Gasteiger partial charge in [0.1, 0.15) is 11.5 Å². The molecular weight excluding hydrogens is 136 g/mol. The summed E-state index contributed by atoms with van der Waals surface area (Å²) in [5.41, 5.74) is 0.745. The highest BCUT2D eigenvalue weighted by Gasteiger charge is 1.88. The summed E-state index contributed by atoms with van der Waals surface area (Å²) in [6.07, 6.45) is 3.02. The van der Waals surface area contributed by atoms with E-state index in [9.17, 15) is 0 Å². The number of aromatic nitrogens is 2. The van der Waals surface area contributed by atoms with Crippen LogP contribution >= 0.6 is 11.6 Å². The molecule has 3 heteroatoms. The summed E-state index contributed by atoms with van der Waals surface area (Å²) in [5, 5.41) is 0.444. The Labute approximate surface area is 58.2 Å². The van der Waals surface area contributed by atoms with Crippen LogP contribution in [0.25, 0.3) is 6.08 Å². The fourth-order valence-electron chi connectivity index (χ4n) is 0.459. The van der Waals surface area contributed by atoms with Gasteiger partial charge in [-0.25, -0.2) is 9.97 Å². The Kier molecular flexibility index (Phi) is 1.80. The van der Waals surface area contributed by atoms with Gasteiger partial charge < -0.3 is 0 Å². The van der Waals surface area contributed by atoms with Crippen LogP contribution in [0.3, 0.4) is 0 Å². The molecule has 9 heavy (non-hydrogen) atoms. The standard InChI is InChI=1S/C6H5ClN2/c1-2-5-3-6(7)9-4-8-5/h2-4H,1H2. The first-order valence-corrected chi connectivity index (χ1v) is 2.80. The third kappa shape index (κ3) is 1.50. The molecule has 0 radical (unpaired) electrons. The summed E-state index contributed by atoms with van der Waals surface area (Å²) in [5.74, 6) is 0. The Hall–Kier alpha value is -0.890.